The number of carbonyl (C=O) groups excluding carboxylic acids is 1. The van der Waals surface area contributed by atoms with Gasteiger partial charge in [-0.3, -0.25) is 4.79 Å². The van der Waals surface area contributed by atoms with Crippen molar-refractivity contribution >= 4 is 5.78 Å². The molecule has 0 aromatic heterocycles. The maximum absolute atomic E-state index is 12.9. The van der Waals surface area contributed by atoms with Gasteiger partial charge in [-0.05, 0) is 5.56 Å². The molecule has 4 heteroatoms. The lowest BCUT2D eigenvalue weighted by molar-refractivity contribution is -0.120. The van der Waals surface area contributed by atoms with Crippen LogP contribution in [0.2, 0.25) is 0 Å². The highest BCUT2D eigenvalue weighted by atomic mass is 19.1. The summed E-state index contributed by atoms with van der Waals surface area (Å²) >= 11 is 0. The molecule has 0 saturated carbocycles. The fourth-order valence-corrected chi connectivity index (χ4v) is 1.65. The molecule has 0 aliphatic rings. The number of ketones is 1. The summed E-state index contributed by atoms with van der Waals surface area (Å²) in [5.74, 6) is -1.61. The van der Waals surface area contributed by atoms with Crippen LogP contribution in [-0.2, 0) is 11.2 Å². The van der Waals surface area contributed by atoms with Gasteiger partial charge in [0.2, 0.25) is 0 Å². The third-order valence-corrected chi connectivity index (χ3v) is 2.48. The molecule has 2 nitrogen and oxygen atoms in total. The SMILES string of the molecule is O=C(COc1cc(F)cc(F)c1)Cc1ccccc1. The second-order valence-electron chi connectivity index (χ2n) is 4.09. The Morgan fingerprint density at radius 1 is 1.00 bits per heavy atom. The summed E-state index contributed by atoms with van der Waals surface area (Å²) in [6, 6.07) is 12.0. The molecule has 0 fully saturated rings. The zero-order chi connectivity index (χ0) is 13.7. The van der Waals surface area contributed by atoms with Crippen molar-refractivity contribution in [3.8, 4) is 5.75 Å². The molecule has 0 N–H and O–H groups in total. The standard InChI is InChI=1S/C15H12F2O2/c16-12-7-13(17)9-15(8-12)19-10-14(18)6-11-4-2-1-3-5-11/h1-5,7-9H,6,10H2. The molecule has 0 amide bonds. The van der Waals surface area contributed by atoms with Gasteiger partial charge in [0, 0.05) is 24.6 Å². The molecular formula is C15H12F2O2. The number of Topliss-reactive ketones (excluding diaryl/α,β-unsaturated/α-hetero) is 1. The van der Waals surface area contributed by atoms with E-state index in [2.05, 4.69) is 0 Å². The molecule has 0 radical (unpaired) electrons. The van der Waals surface area contributed by atoms with Crippen LogP contribution in [0.5, 0.6) is 5.75 Å². The van der Waals surface area contributed by atoms with E-state index in [9.17, 15) is 13.6 Å². The molecule has 0 aliphatic heterocycles. The number of ether oxygens (including phenoxy) is 1. The van der Waals surface area contributed by atoms with Crippen molar-refractivity contribution < 1.29 is 18.3 Å². The predicted molar refractivity (Wildman–Crippen MR) is 67.0 cm³/mol. The van der Waals surface area contributed by atoms with E-state index < -0.39 is 11.6 Å². The Bertz CT molecular complexity index is 547. The lowest BCUT2D eigenvalue weighted by Gasteiger charge is -2.06. The highest BCUT2D eigenvalue weighted by molar-refractivity contribution is 5.82. The first-order valence-electron chi connectivity index (χ1n) is 5.78. The fraction of sp³-hybridized carbons (Fsp3) is 0.133. The van der Waals surface area contributed by atoms with E-state index in [1.54, 1.807) is 0 Å². The summed E-state index contributed by atoms with van der Waals surface area (Å²) in [7, 11) is 0. The van der Waals surface area contributed by atoms with Crippen molar-refractivity contribution in [3.63, 3.8) is 0 Å². The minimum atomic E-state index is -0.731. The van der Waals surface area contributed by atoms with Crippen molar-refractivity contribution in [1.29, 1.82) is 0 Å². The molecule has 19 heavy (non-hydrogen) atoms. The van der Waals surface area contributed by atoms with E-state index in [0.717, 1.165) is 23.8 Å². The Morgan fingerprint density at radius 2 is 1.63 bits per heavy atom. The molecule has 0 heterocycles. The van der Waals surface area contributed by atoms with E-state index in [-0.39, 0.29) is 24.6 Å². The van der Waals surface area contributed by atoms with Crippen LogP contribution < -0.4 is 4.74 Å². The second-order valence-corrected chi connectivity index (χ2v) is 4.09. The van der Waals surface area contributed by atoms with Crippen LogP contribution in [0.25, 0.3) is 0 Å². The highest BCUT2D eigenvalue weighted by Gasteiger charge is 2.06. The van der Waals surface area contributed by atoms with Gasteiger partial charge in [0.05, 0.1) is 0 Å². The summed E-state index contributed by atoms with van der Waals surface area (Å²) in [4.78, 5) is 11.6. The van der Waals surface area contributed by atoms with E-state index in [0.29, 0.717) is 0 Å². The number of benzene rings is 2. The molecule has 0 unspecified atom stereocenters. The van der Waals surface area contributed by atoms with E-state index in [4.69, 9.17) is 4.74 Å². The van der Waals surface area contributed by atoms with Crippen LogP contribution >= 0.6 is 0 Å². The summed E-state index contributed by atoms with van der Waals surface area (Å²) in [6.45, 7) is -0.211. The van der Waals surface area contributed by atoms with E-state index in [1.807, 2.05) is 30.3 Å². The molecule has 0 aliphatic carbocycles. The summed E-state index contributed by atoms with van der Waals surface area (Å²) in [6.07, 6.45) is 0.235. The molecule has 98 valence electrons. The number of halogens is 2. The van der Waals surface area contributed by atoms with Crippen LogP contribution in [0.4, 0.5) is 8.78 Å². The number of rotatable bonds is 5. The Hall–Kier alpha value is -2.23. The van der Waals surface area contributed by atoms with Gasteiger partial charge in [-0.25, -0.2) is 8.78 Å². The van der Waals surface area contributed by atoms with Gasteiger partial charge in [-0.2, -0.15) is 0 Å². The Morgan fingerprint density at radius 3 is 2.26 bits per heavy atom. The zero-order valence-electron chi connectivity index (χ0n) is 10.1. The van der Waals surface area contributed by atoms with Gasteiger partial charge in [-0.15, -0.1) is 0 Å². The van der Waals surface area contributed by atoms with Crippen molar-refractivity contribution in [2.75, 3.05) is 6.61 Å². The van der Waals surface area contributed by atoms with Gasteiger partial charge in [0.1, 0.15) is 24.0 Å². The third kappa shape index (κ3) is 4.17. The van der Waals surface area contributed by atoms with Crippen molar-refractivity contribution in [3.05, 3.63) is 65.7 Å². The van der Waals surface area contributed by atoms with Gasteiger partial charge in [0.25, 0.3) is 0 Å². The van der Waals surface area contributed by atoms with Crippen LogP contribution in [0, 0.1) is 11.6 Å². The predicted octanol–water partition coefficient (Wildman–Crippen LogP) is 3.16. The Labute approximate surface area is 109 Å². The average Bonchev–Trinajstić information content (AvgIpc) is 2.36. The maximum Gasteiger partial charge on any atom is 0.174 e. The molecule has 0 saturated heterocycles. The van der Waals surface area contributed by atoms with Gasteiger partial charge in [0.15, 0.2) is 5.78 Å². The summed E-state index contributed by atoms with van der Waals surface area (Å²) < 4.78 is 30.9. The average molecular weight is 262 g/mol. The topological polar surface area (TPSA) is 26.3 Å². The van der Waals surface area contributed by atoms with Crippen LogP contribution in [-0.4, -0.2) is 12.4 Å². The third-order valence-electron chi connectivity index (χ3n) is 2.48. The smallest absolute Gasteiger partial charge is 0.174 e. The minimum absolute atomic E-state index is 0.0129. The van der Waals surface area contributed by atoms with E-state index in [1.165, 1.54) is 0 Å². The molecule has 2 aromatic rings. The summed E-state index contributed by atoms with van der Waals surface area (Å²) in [5, 5.41) is 0. The Kier molecular flexibility index (Phi) is 4.23. The lowest BCUT2D eigenvalue weighted by Crippen LogP contribution is -2.13. The zero-order valence-corrected chi connectivity index (χ0v) is 10.1. The summed E-state index contributed by atoms with van der Waals surface area (Å²) in [5.41, 5.74) is 0.876. The molecular weight excluding hydrogens is 250 g/mol. The highest BCUT2D eigenvalue weighted by Crippen LogP contribution is 2.15. The van der Waals surface area contributed by atoms with Crippen LogP contribution in [0.3, 0.4) is 0 Å². The maximum atomic E-state index is 12.9. The van der Waals surface area contributed by atoms with Gasteiger partial charge >= 0.3 is 0 Å². The molecule has 2 aromatic carbocycles. The van der Waals surface area contributed by atoms with Crippen molar-refractivity contribution in [2.24, 2.45) is 0 Å². The monoisotopic (exact) mass is 262 g/mol. The molecule has 0 atom stereocenters. The second kappa shape index (κ2) is 6.09. The largest absolute Gasteiger partial charge is 0.486 e. The Balaban J connectivity index is 1.90. The molecule has 0 spiro atoms. The van der Waals surface area contributed by atoms with Gasteiger partial charge in [-0.1, -0.05) is 30.3 Å². The van der Waals surface area contributed by atoms with Crippen LogP contribution in [0.15, 0.2) is 48.5 Å². The quantitative estimate of drug-likeness (QED) is 0.827. The van der Waals surface area contributed by atoms with Crippen molar-refractivity contribution in [2.45, 2.75) is 6.42 Å². The number of hydrogen-bond donors (Lipinski definition) is 0. The van der Waals surface area contributed by atoms with Crippen LogP contribution in [0.1, 0.15) is 5.56 Å². The van der Waals surface area contributed by atoms with E-state index >= 15 is 0 Å². The first-order valence-corrected chi connectivity index (χ1v) is 5.78. The minimum Gasteiger partial charge on any atom is -0.486 e. The first kappa shape index (κ1) is 13.2. The number of carbonyl (C=O) groups is 1. The first-order chi connectivity index (χ1) is 9.13. The normalized spacial score (nSPS) is 10.2. The van der Waals surface area contributed by atoms with Gasteiger partial charge < -0.3 is 4.74 Å². The number of hydrogen-bond acceptors (Lipinski definition) is 2. The van der Waals surface area contributed by atoms with Crippen molar-refractivity contribution in [1.82, 2.24) is 0 Å². The molecule has 0 bridgehead atoms. The molecule has 2 rings (SSSR count). The lowest BCUT2D eigenvalue weighted by atomic mass is 10.1. The fourth-order valence-electron chi connectivity index (χ4n) is 1.65.